The Bertz CT molecular complexity index is 509. The monoisotopic (exact) mass is 269 g/mol. The molecule has 0 saturated heterocycles. The largest absolute Gasteiger partial charge is 0.323 e. The molecule has 0 aromatic heterocycles. The van der Waals surface area contributed by atoms with Crippen LogP contribution in [0, 0.1) is 13.8 Å². The highest BCUT2D eigenvalue weighted by Crippen LogP contribution is 2.20. The quantitative estimate of drug-likeness (QED) is 0.893. The molecule has 2 N–H and O–H groups in total. The Labute approximate surface area is 110 Å². The molecule has 3 nitrogen and oxygen atoms in total. The molecular formula is C14H23NO2S. The molecule has 0 amide bonds. The van der Waals surface area contributed by atoms with Crippen LogP contribution in [0.25, 0.3) is 0 Å². The minimum absolute atomic E-state index is 0.0201. The van der Waals surface area contributed by atoms with E-state index in [9.17, 15) is 8.42 Å². The highest BCUT2D eigenvalue weighted by atomic mass is 32.2. The van der Waals surface area contributed by atoms with E-state index in [-0.39, 0.29) is 11.0 Å². The molecule has 0 radical (unpaired) electrons. The highest BCUT2D eigenvalue weighted by molar-refractivity contribution is 7.92. The summed E-state index contributed by atoms with van der Waals surface area (Å²) < 4.78 is 24.1. The summed E-state index contributed by atoms with van der Waals surface area (Å²) in [5.74, 6) is 0.0201. The average Bonchev–Trinajstić information content (AvgIpc) is 2.30. The molecule has 0 aliphatic heterocycles. The highest BCUT2D eigenvalue weighted by Gasteiger charge is 2.23. The number of hydrogen-bond donors (Lipinski definition) is 1. The van der Waals surface area contributed by atoms with E-state index in [1.54, 1.807) is 6.92 Å². The molecule has 0 fully saturated rings. The van der Waals surface area contributed by atoms with Crippen molar-refractivity contribution in [1.82, 2.24) is 0 Å². The summed E-state index contributed by atoms with van der Waals surface area (Å²) in [6.45, 7) is 7.57. The molecule has 102 valence electrons. The topological polar surface area (TPSA) is 60.2 Å². The van der Waals surface area contributed by atoms with E-state index in [2.05, 4.69) is 0 Å². The third-order valence-electron chi connectivity index (χ3n) is 3.43. The molecule has 4 heteroatoms. The van der Waals surface area contributed by atoms with Crippen molar-refractivity contribution in [2.75, 3.05) is 5.75 Å². The van der Waals surface area contributed by atoms with Crippen LogP contribution in [0.5, 0.6) is 0 Å². The smallest absolute Gasteiger partial charge is 0.154 e. The van der Waals surface area contributed by atoms with Gasteiger partial charge in [0.1, 0.15) is 0 Å². The maximum absolute atomic E-state index is 12.1. The normalized spacial score (nSPS) is 15.4. The summed E-state index contributed by atoms with van der Waals surface area (Å²) in [7, 11) is -3.11. The maximum Gasteiger partial charge on any atom is 0.154 e. The molecular weight excluding hydrogens is 246 g/mol. The van der Waals surface area contributed by atoms with Crippen molar-refractivity contribution in [3.63, 3.8) is 0 Å². The molecule has 2 atom stereocenters. The molecule has 0 aliphatic rings. The second-order valence-electron chi connectivity index (χ2n) is 5.01. The summed E-state index contributed by atoms with van der Waals surface area (Å²) in [6, 6.07) is 5.53. The molecule has 1 aromatic carbocycles. The van der Waals surface area contributed by atoms with Crippen LogP contribution in [0.2, 0.25) is 0 Å². The van der Waals surface area contributed by atoms with Gasteiger partial charge < -0.3 is 5.73 Å². The summed E-state index contributed by atoms with van der Waals surface area (Å²) in [5, 5.41) is -0.325. The zero-order valence-electron chi connectivity index (χ0n) is 11.6. The van der Waals surface area contributed by atoms with Gasteiger partial charge in [0.2, 0.25) is 0 Å². The standard InChI is InChI=1S/C14H23NO2S/c1-5-12(4)18(16,17)9-14(15)13-8-10(2)6-7-11(13)3/h6-8,12,14H,5,9,15H2,1-4H3. The lowest BCUT2D eigenvalue weighted by atomic mass is 10.0. The first-order chi connectivity index (χ1) is 8.27. The Morgan fingerprint density at radius 1 is 1.28 bits per heavy atom. The van der Waals surface area contributed by atoms with Gasteiger partial charge >= 0.3 is 0 Å². The van der Waals surface area contributed by atoms with Crippen LogP contribution in [0.15, 0.2) is 18.2 Å². The Morgan fingerprint density at radius 2 is 1.89 bits per heavy atom. The minimum atomic E-state index is -3.11. The lowest BCUT2D eigenvalue weighted by Gasteiger charge is -2.18. The Hall–Kier alpha value is -0.870. The number of rotatable bonds is 5. The van der Waals surface area contributed by atoms with Crippen LogP contribution in [0.4, 0.5) is 0 Å². The first-order valence-electron chi connectivity index (χ1n) is 6.32. The van der Waals surface area contributed by atoms with Gasteiger partial charge in [-0.15, -0.1) is 0 Å². The van der Waals surface area contributed by atoms with Crippen molar-refractivity contribution in [3.8, 4) is 0 Å². The Balaban J connectivity index is 2.95. The number of hydrogen-bond acceptors (Lipinski definition) is 3. The van der Waals surface area contributed by atoms with Crippen LogP contribution in [-0.2, 0) is 9.84 Å². The zero-order valence-corrected chi connectivity index (χ0v) is 12.4. The molecule has 1 aromatic rings. The predicted molar refractivity (Wildman–Crippen MR) is 76.4 cm³/mol. The number of sulfone groups is 1. The van der Waals surface area contributed by atoms with Crippen molar-refractivity contribution >= 4 is 9.84 Å². The lowest BCUT2D eigenvalue weighted by molar-refractivity contribution is 0.573. The van der Waals surface area contributed by atoms with Crippen molar-refractivity contribution in [2.24, 2.45) is 5.73 Å². The van der Waals surface area contributed by atoms with Crippen molar-refractivity contribution in [3.05, 3.63) is 34.9 Å². The number of aryl methyl sites for hydroxylation is 2. The third kappa shape index (κ3) is 3.56. The van der Waals surface area contributed by atoms with E-state index >= 15 is 0 Å². The lowest BCUT2D eigenvalue weighted by Crippen LogP contribution is -2.28. The molecule has 0 heterocycles. The van der Waals surface area contributed by atoms with Gasteiger partial charge in [-0.3, -0.25) is 0 Å². The summed E-state index contributed by atoms with van der Waals surface area (Å²) in [5.41, 5.74) is 9.15. The van der Waals surface area contributed by atoms with Gasteiger partial charge in [-0.1, -0.05) is 30.7 Å². The predicted octanol–water partition coefficient (Wildman–Crippen LogP) is 2.52. The van der Waals surface area contributed by atoms with Gasteiger partial charge in [-0.2, -0.15) is 0 Å². The fraction of sp³-hybridized carbons (Fsp3) is 0.571. The minimum Gasteiger partial charge on any atom is -0.323 e. The molecule has 0 saturated carbocycles. The second kappa shape index (κ2) is 5.85. The van der Waals surface area contributed by atoms with Gasteiger partial charge in [0.25, 0.3) is 0 Å². The fourth-order valence-electron chi connectivity index (χ4n) is 1.92. The van der Waals surface area contributed by atoms with Crippen LogP contribution in [-0.4, -0.2) is 19.4 Å². The number of benzene rings is 1. The van der Waals surface area contributed by atoms with E-state index < -0.39 is 15.9 Å². The molecule has 0 spiro atoms. The molecule has 0 bridgehead atoms. The van der Waals surface area contributed by atoms with E-state index in [1.165, 1.54) is 0 Å². The van der Waals surface area contributed by atoms with E-state index in [0.717, 1.165) is 16.7 Å². The summed E-state index contributed by atoms with van der Waals surface area (Å²) in [6.07, 6.45) is 0.627. The molecule has 0 aliphatic carbocycles. The van der Waals surface area contributed by atoms with Crippen LogP contribution >= 0.6 is 0 Å². The van der Waals surface area contributed by atoms with Gasteiger partial charge in [0, 0.05) is 6.04 Å². The van der Waals surface area contributed by atoms with Gasteiger partial charge in [-0.25, -0.2) is 8.42 Å². The summed E-state index contributed by atoms with van der Waals surface area (Å²) in [4.78, 5) is 0. The van der Waals surface area contributed by atoms with E-state index in [4.69, 9.17) is 5.73 Å². The first-order valence-corrected chi connectivity index (χ1v) is 8.03. The zero-order chi connectivity index (χ0) is 13.9. The van der Waals surface area contributed by atoms with Gasteiger partial charge in [0.05, 0.1) is 11.0 Å². The molecule has 18 heavy (non-hydrogen) atoms. The fourth-order valence-corrected chi connectivity index (χ4v) is 3.43. The molecule has 2 unspecified atom stereocenters. The van der Waals surface area contributed by atoms with Crippen molar-refractivity contribution in [2.45, 2.75) is 45.4 Å². The van der Waals surface area contributed by atoms with E-state index in [1.807, 2.05) is 39.0 Å². The first kappa shape index (κ1) is 15.2. The van der Waals surface area contributed by atoms with Crippen LogP contribution in [0.3, 0.4) is 0 Å². The van der Waals surface area contributed by atoms with Crippen LogP contribution < -0.4 is 5.73 Å². The van der Waals surface area contributed by atoms with E-state index in [0.29, 0.717) is 6.42 Å². The van der Waals surface area contributed by atoms with Crippen LogP contribution in [0.1, 0.15) is 43.0 Å². The Kier molecular flexibility index (Phi) is 4.93. The van der Waals surface area contributed by atoms with Crippen molar-refractivity contribution in [1.29, 1.82) is 0 Å². The maximum atomic E-state index is 12.1. The SMILES string of the molecule is CCC(C)S(=O)(=O)CC(N)c1cc(C)ccc1C. The third-order valence-corrected chi connectivity index (χ3v) is 5.82. The second-order valence-corrected chi connectivity index (χ2v) is 7.48. The van der Waals surface area contributed by atoms with Gasteiger partial charge in [-0.05, 0) is 38.3 Å². The summed E-state index contributed by atoms with van der Waals surface area (Å²) >= 11 is 0. The van der Waals surface area contributed by atoms with Crippen molar-refractivity contribution < 1.29 is 8.42 Å². The number of nitrogens with two attached hydrogens (primary N) is 1. The Morgan fingerprint density at radius 3 is 2.44 bits per heavy atom. The molecule has 1 rings (SSSR count). The average molecular weight is 269 g/mol. The van der Waals surface area contributed by atoms with Gasteiger partial charge in [0.15, 0.2) is 9.84 Å².